The molecule has 92 valence electrons. The fourth-order valence-electron chi connectivity index (χ4n) is 1.74. The summed E-state index contributed by atoms with van der Waals surface area (Å²) in [6.07, 6.45) is 5.61. The van der Waals surface area contributed by atoms with Crippen LogP contribution in [0.1, 0.15) is 31.7 Å². The Bertz CT molecular complexity index is 496. The van der Waals surface area contributed by atoms with Crippen LogP contribution in [-0.2, 0) is 12.6 Å². The number of hydrogen-bond donors (Lipinski definition) is 1. The quantitative estimate of drug-likeness (QED) is 0.907. The molecular formula is C12H18N4S. The first kappa shape index (κ1) is 12.3. The highest BCUT2D eigenvalue weighted by atomic mass is 32.1. The van der Waals surface area contributed by atoms with Crippen molar-refractivity contribution >= 4 is 11.3 Å². The van der Waals surface area contributed by atoms with Gasteiger partial charge in [-0.2, -0.15) is 5.10 Å². The maximum absolute atomic E-state index is 6.34. The lowest BCUT2D eigenvalue weighted by molar-refractivity contribution is 0.411. The molecule has 0 saturated carbocycles. The third-order valence-electron chi connectivity index (χ3n) is 3.19. The van der Waals surface area contributed by atoms with Gasteiger partial charge in [-0.15, -0.1) is 11.3 Å². The maximum atomic E-state index is 6.34. The smallest absolute Gasteiger partial charge is 0.113 e. The summed E-state index contributed by atoms with van der Waals surface area (Å²) < 4.78 is 1.78. The summed E-state index contributed by atoms with van der Waals surface area (Å²) in [7, 11) is 1.90. The maximum Gasteiger partial charge on any atom is 0.113 e. The number of aromatic nitrogens is 3. The Balaban J connectivity index is 2.33. The first-order chi connectivity index (χ1) is 8.09. The van der Waals surface area contributed by atoms with Gasteiger partial charge in [0.15, 0.2) is 0 Å². The summed E-state index contributed by atoms with van der Waals surface area (Å²) in [6, 6.07) is 0. The minimum absolute atomic E-state index is 0.287. The molecule has 4 nitrogen and oxygen atoms in total. The van der Waals surface area contributed by atoms with Gasteiger partial charge in [-0.05, 0) is 12.8 Å². The predicted molar refractivity (Wildman–Crippen MR) is 70.8 cm³/mol. The molecule has 0 aromatic carbocycles. The average molecular weight is 250 g/mol. The Morgan fingerprint density at radius 3 is 2.65 bits per heavy atom. The molecule has 0 bridgehead atoms. The highest BCUT2D eigenvalue weighted by molar-refractivity contribution is 7.10. The van der Waals surface area contributed by atoms with E-state index in [2.05, 4.69) is 29.3 Å². The van der Waals surface area contributed by atoms with Crippen molar-refractivity contribution in [3.8, 4) is 11.3 Å². The van der Waals surface area contributed by atoms with Crippen LogP contribution in [0.2, 0.25) is 0 Å². The molecule has 2 rings (SSSR count). The molecule has 0 amide bonds. The third kappa shape index (κ3) is 2.25. The highest BCUT2D eigenvalue weighted by Gasteiger charge is 2.26. The van der Waals surface area contributed by atoms with Crippen molar-refractivity contribution in [1.82, 2.24) is 14.8 Å². The van der Waals surface area contributed by atoms with E-state index in [-0.39, 0.29) is 5.54 Å². The molecule has 0 radical (unpaired) electrons. The van der Waals surface area contributed by atoms with Gasteiger partial charge in [0.05, 0.1) is 17.4 Å². The van der Waals surface area contributed by atoms with Crippen LogP contribution in [-0.4, -0.2) is 14.8 Å². The monoisotopic (exact) mass is 250 g/mol. The van der Waals surface area contributed by atoms with Gasteiger partial charge < -0.3 is 5.73 Å². The van der Waals surface area contributed by atoms with Gasteiger partial charge in [0, 0.05) is 24.2 Å². The second-order valence-electron chi connectivity index (χ2n) is 4.30. The Morgan fingerprint density at radius 1 is 1.41 bits per heavy atom. The lowest BCUT2D eigenvalue weighted by Crippen LogP contribution is -2.34. The molecule has 0 unspecified atom stereocenters. The minimum Gasteiger partial charge on any atom is -0.319 e. The van der Waals surface area contributed by atoms with E-state index >= 15 is 0 Å². The predicted octanol–water partition coefficient (Wildman–Crippen LogP) is 2.52. The van der Waals surface area contributed by atoms with Crippen molar-refractivity contribution < 1.29 is 0 Å². The first-order valence-corrected chi connectivity index (χ1v) is 6.71. The van der Waals surface area contributed by atoms with Crippen LogP contribution in [0.15, 0.2) is 17.8 Å². The van der Waals surface area contributed by atoms with Crippen molar-refractivity contribution in [3.05, 3.63) is 22.8 Å². The average Bonchev–Trinajstić information content (AvgIpc) is 2.96. The van der Waals surface area contributed by atoms with Gasteiger partial charge in [-0.3, -0.25) is 4.68 Å². The molecule has 2 heterocycles. The van der Waals surface area contributed by atoms with Crippen LogP contribution in [0.4, 0.5) is 0 Å². The van der Waals surface area contributed by atoms with Crippen LogP contribution in [0.3, 0.4) is 0 Å². The van der Waals surface area contributed by atoms with Crippen molar-refractivity contribution in [2.45, 2.75) is 32.2 Å². The number of thiazole rings is 1. The number of nitrogens with zero attached hydrogens (tertiary/aromatic N) is 3. The third-order valence-corrected chi connectivity index (χ3v) is 4.25. The number of hydrogen-bond acceptors (Lipinski definition) is 4. The summed E-state index contributed by atoms with van der Waals surface area (Å²) in [6.45, 7) is 4.21. The Labute approximate surface area is 105 Å². The van der Waals surface area contributed by atoms with Gasteiger partial charge in [0.25, 0.3) is 0 Å². The van der Waals surface area contributed by atoms with E-state index in [0.29, 0.717) is 0 Å². The molecule has 0 aliphatic heterocycles. The van der Waals surface area contributed by atoms with Crippen LogP contribution in [0, 0.1) is 0 Å². The van der Waals surface area contributed by atoms with Crippen molar-refractivity contribution in [2.24, 2.45) is 12.8 Å². The Hall–Kier alpha value is -1.20. The Kier molecular flexibility index (Phi) is 3.31. The zero-order valence-corrected chi connectivity index (χ0v) is 11.3. The van der Waals surface area contributed by atoms with Gasteiger partial charge >= 0.3 is 0 Å². The molecule has 0 fully saturated rings. The van der Waals surface area contributed by atoms with Gasteiger partial charge in [0.2, 0.25) is 0 Å². The van der Waals surface area contributed by atoms with Crippen LogP contribution < -0.4 is 5.73 Å². The Morgan fingerprint density at radius 2 is 2.12 bits per heavy atom. The van der Waals surface area contributed by atoms with E-state index in [1.807, 2.05) is 19.4 Å². The van der Waals surface area contributed by atoms with E-state index in [9.17, 15) is 0 Å². The van der Waals surface area contributed by atoms with Crippen molar-refractivity contribution in [2.75, 3.05) is 0 Å². The molecule has 2 aromatic heterocycles. The molecule has 0 aliphatic rings. The molecule has 0 atom stereocenters. The molecule has 5 heteroatoms. The van der Waals surface area contributed by atoms with Crippen molar-refractivity contribution in [1.29, 1.82) is 0 Å². The molecule has 0 saturated heterocycles. The van der Waals surface area contributed by atoms with Crippen LogP contribution in [0.25, 0.3) is 11.3 Å². The van der Waals surface area contributed by atoms with Gasteiger partial charge in [-0.1, -0.05) is 13.8 Å². The van der Waals surface area contributed by atoms with Crippen molar-refractivity contribution in [3.63, 3.8) is 0 Å². The van der Waals surface area contributed by atoms with E-state index in [1.54, 1.807) is 16.0 Å². The normalized spacial score (nSPS) is 12.0. The van der Waals surface area contributed by atoms with E-state index in [1.165, 1.54) is 0 Å². The SMILES string of the molecule is CCC(N)(CC)c1nc(-c2cnn(C)c2)cs1. The lowest BCUT2D eigenvalue weighted by Gasteiger charge is -2.23. The summed E-state index contributed by atoms with van der Waals surface area (Å²) in [4.78, 5) is 4.65. The number of nitrogens with two attached hydrogens (primary N) is 1. The molecule has 2 N–H and O–H groups in total. The molecular weight excluding hydrogens is 232 g/mol. The largest absolute Gasteiger partial charge is 0.319 e. The second-order valence-corrected chi connectivity index (χ2v) is 5.16. The fraction of sp³-hybridized carbons (Fsp3) is 0.500. The van der Waals surface area contributed by atoms with Crippen LogP contribution >= 0.6 is 11.3 Å². The van der Waals surface area contributed by atoms with Crippen LogP contribution in [0.5, 0.6) is 0 Å². The topological polar surface area (TPSA) is 56.7 Å². The summed E-state index contributed by atoms with van der Waals surface area (Å²) in [5.41, 5.74) is 8.07. The molecule has 17 heavy (non-hydrogen) atoms. The first-order valence-electron chi connectivity index (χ1n) is 5.83. The van der Waals surface area contributed by atoms with E-state index in [4.69, 9.17) is 5.73 Å². The molecule has 0 aliphatic carbocycles. The zero-order valence-electron chi connectivity index (χ0n) is 10.5. The zero-order chi connectivity index (χ0) is 12.5. The standard InChI is InChI=1S/C12H18N4S/c1-4-12(13,5-2)11-15-10(8-17-11)9-6-14-16(3)7-9/h6-8H,4-5,13H2,1-3H3. The summed E-state index contributed by atoms with van der Waals surface area (Å²) in [5.74, 6) is 0. The minimum atomic E-state index is -0.287. The second kappa shape index (κ2) is 4.58. The van der Waals surface area contributed by atoms with E-state index in [0.717, 1.165) is 29.1 Å². The van der Waals surface area contributed by atoms with E-state index < -0.39 is 0 Å². The summed E-state index contributed by atoms with van der Waals surface area (Å²) in [5, 5.41) is 7.22. The molecule has 2 aromatic rings. The fourth-order valence-corrected chi connectivity index (χ4v) is 2.83. The molecule has 0 spiro atoms. The van der Waals surface area contributed by atoms with Gasteiger partial charge in [-0.25, -0.2) is 4.98 Å². The van der Waals surface area contributed by atoms with Gasteiger partial charge in [0.1, 0.15) is 5.01 Å². The lowest BCUT2D eigenvalue weighted by atomic mass is 9.95. The summed E-state index contributed by atoms with van der Waals surface area (Å²) >= 11 is 1.64. The highest BCUT2D eigenvalue weighted by Crippen LogP contribution is 2.31. The number of aryl methyl sites for hydroxylation is 1. The number of rotatable bonds is 4.